The molecule has 0 aromatic carbocycles. The SMILES string of the molecule is CC(=O)NCC1(CN)CCNCC1. The normalized spacial score (nSPS) is 21.1. The van der Waals surface area contributed by atoms with E-state index in [-0.39, 0.29) is 11.3 Å². The number of hydrogen-bond acceptors (Lipinski definition) is 3. The van der Waals surface area contributed by atoms with E-state index >= 15 is 0 Å². The number of nitrogens with two attached hydrogens (primary N) is 1. The van der Waals surface area contributed by atoms with Gasteiger partial charge in [-0.25, -0.2) is 0 Å². The van der Waals surface area contributed by atoms with Crippen LogP contribution >= 0.6 is 0 Å². The Labute approximate surface area is 79.3 Å². The largest absolute Gasteiger partial charge is 0.356 e. The first-order chi connectivity index (χ1) is 6.18. The lowest BCUT2D eigenvalue weighted by molar-refractivity contribution is -0.119. The summed E-state index contributed by atoms with van der Waals surface area (Å²) in [6, 6.07) is 0. The van der Waals surface area contributed by atoms with E-state index in [1.807, 2.05) is 0 Å². The minimum absolute atomic E-state index is 0.0337. The molecule has 0 atom stereocenters. The number of nitrogens with one attached hydrogen (secondary N) is 2. The van der Waals surface area contributed by atoms with E-state index in [4.69, 9.17) is 5.73 Å². The van der Waals surface area contributed by atoms with E-state index < -0.39 is 0 Å². The van der Waals surface area contributed by atoms with Gasteiger partial charge in [-0.1, -0.05) is 0 Å². The van der Waals surface area contributed by atoms with Gasteiger partial charge in [0.15, 0.2) is 0 Å². The van der Waals surface area contributed by atoms with Crippen molar-refractivity contribution in [1.29, 1.82) is 0 Å². The fraction of sp³-hybridized carbons (Fsp3) is 0.889. The first kappa shape index (κ1) is 10.5. The maximum absolute atomic E-state index is 10.8. The van der Waals surface area contributed by atoms with E-state index in [0.29, 0.717) is 6.54 Å². The number of rotatable bonds is 3. The number of amides is 1. The Morgan fingerprint density at radius 3 is 2.62 bits per heavy atom. The fourth-order valence-corrected chi connectivity index (χ4v) is 1.72. The second-order valence-corrected chi connectivity index (χ2v) is 3.86. The van der Waals surface area contributed by atoms with Gasteiger partial charge in [-0.15, -0.1) is 0 Å². The van der Waals surface area contributed by atoms with Gasteiger partial charge >= 0.3 is 0 Å². The molecule has 0 aliphatic carbocycles. The zero-order valence-electron chi connectivity index (χ0n) is 8.23. The van der Waals surface area contributed by atoms with Gasteiger partial charge < -0.3 is 16.4 Å². The van der Waals surface area contributed by atoms with Gasteiger partial charge in [0.1, 0.15) is 0 Å². The summed E-state index contributed by atoms with van der Waals surface area (Å²) in [5, 5.41) is 6.15. The molecule has 0 spiro atoms. The van der Waals surface area contributed by atoms with E-state index in [0.717, 1.165) is 32.5 Å². The molecular weight excluding hydrogens is 166 g/mol. The Kier molecular flexibility index (Phi) is 3.69. The average molecular weight is 185 g/mol. The molecule has 0 saturated carbocycles. The third-order valence-electron chi connectivity index (χ3n) is 2.81. The predicted octanol–water partition coefficient (Wildman–Crippen LogP) is -0.549. The first-order valence-corrected chi connectivity index (χ1v) is 4.84. The Morgan fingerprint density at radius 2 is 2.15 bits per heavy atom. The van der Waals surface area contributed by atoms with Crippen LogP contribution in [0.2, 0.25) is 0 Å². The average Bonchev–Trinajstić information content (AvgIpc) is 2.16. The van der Waals surface area contributed by atoms with Crippen molar-refractivity contribution in [3.05, 3.63) is 0 Å². The molecule has 1 saturated heterocycles. The molecule has 1 amide bonds. The van der Waals surface area contributed by atoms with Crippen LogP contribution in [0.5, 0.6) is 0 Å². The molecule has 4 N–H and O–H groups in total. The van der Waals surface area contributed by atoms with Crippen molar-refractivity contribution < 1.29 is 4.79 Å². The smallest absolute Gasteiger partial charge is 0.216 e. The number of carbonyl (C=O) groups excluding carboxylic acids is 1. The molecule has 1 aliphatic rings. The lowest BCUT2D eigenvalue weighted by atomic mass is 9.79. The minimum Gasteiger partial charge on any atom is -0.356 e. The topological polar surface area (TPSA) is 67.2 Å². The third kappa shape index (κ3) is 2.97. The molecule has 4 heteroatoms. The van der Waals surface area contributed by atoms with Crippen LogP contribution in [0, 0.1) is 5.41 Å². The quantitative estimate of drug-likeness (QED) is 0.553. The Bertz CT molecular complexity index is 176. The van der Waals surface area contributed by atoms with E-state index in [1.165, 1.54) is 0 Å². The maximum atomic E-state index is 10.8. The van der Waals surface area contributed by atoms with Crippen LogP contribution < -0.4 is 16.4 Å². The van der Waals surface area contributed by atoms with Gasteiger partial charge in [0.25, 0.3) is 0 Å². The van der Waals surface area contributed by atoms with Crippen molar-refractivity contribution in [2.24, 2.45) is 11.1 Å². The molecule has 0 unspecified atom stereocenters. The number of carbonyl (C=O) groups is 1. The summed E-state index contributed by atoms with van der Waals surface area (Å²) in [6.45, 7) is 4.95. The minimum atomic E-state index is 0.0337. The zero-order valence-corrected chi connectivity index (χ0v) is 8.23. The molecule has 1 rings (SSSR count). The molecule has 0 aromatic rings. The first-order valence-electron chi connectivity index (χ1n) is 4.84. The summed E-state index contributed by atoms with van der Waals surface area (Å²) < 4.78 is 0. The van der Waals surface area contributed by atoms with E-state index in [2.05, 4.69) is 10.6 Å². The van der Waals surface area contributed by atoms with Gasteiger partial charge in [-0.05, 0) is 32.5 Å². The van der Waals surface area contributed by atoms with E-state index in [1.54, 1.807) is 6.92 Å². The van der Waals surface area contributed by atoms with Crippen molar-refractivity contribution in [1.82, 2.24) is 10.6 Å². The molecule has 13 heavy (non-hydrogen) atoms. The van der Waals surface area contributed by atoms with Crippen LogP contribution in [0.4, 0.5) is 0 Å². The van der Waals surface area contributed by atoms with Crippen LogP contribution in [-0.4, -0.2) is 32.1 Å². The monoisotopic (exact) mass is 185 g/mol. The van der Waals surface area contributed by atoms with Crippen molar-refractivity contribution in [3.63, 3.8) is 0 Å². The number of piperidine rings is 1. The maximum Gasteiger partial charge on any atom is 0.216 e. The van der Waals surface area contributed by atoms with Crippen molar-refractivity contribution in [2.45, 2.75) is 19.8 Å². The van der Waals surface area contributed by atoms with Crippen LogP contribution in [0.25, 0.3) is 0 Å². The summed E-state index contributed by atoms with van der Waals surface area (Å²) >= 11 is 0. The molecule has 1 aliphatic heterocycles. The lowest BCUT2D eigenvalue weighted by Gasteiger charge is -2.36. The van der Waals surface area contributed by atoms with Crippen LogP contribution in [0.3, 0.4) is 0 Å². The second kappa shape index (κ2) is 4.58. The van der Waals surface area contributed by atoms with E-state index in [9.17, 15) is 4.79 Å². The van der Waals surface area contributed by atoms with Crippen LogP contribution in [0.1, 0.15) is 19.8 Å². The highest BCUT2D eigenvalue weighted by Gasteiger charge is 2.30. The van der Waals surface area contributed by atoms with Crippen molar-refractivity contribution >= 4 is 5.91 Å². The molecule has 0 aromatic heterocycles. The Balaban J connectivity index is 2.42. The molecule has 1 heterocycles. The van der Waals surface area contributed by atoms with Crippen molar-refractivity contribution in [2.75, 3.05) is 26.2 Å². The standard InChI is InChI=1S/C9H19N3O/c1-8(13)12-7-9(6-10)2-4-11-5-3-9/h11H,2-7,10H2,1H3,(H,12,13). The van der Waals surface area contributed by atoms with Gasteiger partial charge in [0, 0.05) is 18.9 Å². The number of hydrogen-bond donors (Lipinski definition) is 3. The molecular formula is C9H19N3O. The molecule has 76 valence electrons. The van der Waals surface area contributed by atoms with Gasteiger partial charge in [0.2, 0.25) is 5.91 Å². The summed E-state index contributed by atoms with van der Waals surface area (Å²) in [6.07, 6.45) is 2.12. The van der Waals surface area contributed by atoms with Gasteiger partial charge in [-0.2, -0.15) is 0 Å². The van der Waals surface area contributed by atoms with Crippen LogP contribution in [-0.2, 0) is 4.79 Å². The highest BCUT2D eigenvalue weighted by molar-refractivity contribution is 5.72. The third-order valence-corrected chi connectivity index (χ3v) is 2.81. The Hall–Kier alpha value is -0.610. The van der Waals surface area contributed by atoms with Crippen LogP contribution in [0.15, 0.2) is 0 Å². The molecule has 1 fully saturated rings. The summed E-state index contributed by atoms with van der Waals surface area (Å²) in [7, 11) is 0. The highest BCUT2D eigenvalue weighted by Crippen LogP contribution is 2.26. The summed E-state index contributed by atoms with van der Waals surface area (Å²) in [5.41, 5.74) is 5.88. The van der Waals surface area contributed by atoms with Crippen molar-refractivity contribution in [3.8, 4) is 0 Å². The highest BCUT2D eigenvalue weighted by atomic mass is 16.1. The van der Waals surface area contributed by atoms with Gasteiger partial charge in [0.05, 0.1) is 0 Å². The van der Waals surface area contributed by atoms with Gasteiger partial charge in [-0.3, -0.25) is 4.79 Å². The Morgan fingerprint density at radius 1 is 1.54 bits per heavy atom. The second-order valence-electron chi connectivity index (χ2n) is 3.86. The molecule has 0 radical (unpaired) electrons. The fourth-order valence-electron chi connectivity index (χ4n) is 1.72. The molecule has 4 nitrogen and oxygen atoms in total. The summed E-state index contributed by atoms with van der Waals surface area (Å²) in [5.74, 6) is 0.0337. The molecule has 0 bridgehead atoms. The lowest BCUT2D eigenvalue weighted by Crippen LogP contribution is -2.48. The summed E-state index contributed by atoms with van der Waals surface area (Å²) in [4.78, 5) is 10.8. The predicted molar refractivity (Wildman–Crippen MR) is 52.3 cm³/mol. The zero-order chi connectivity index (χ0) is 9.73.